The number of halogens is 3. The van der Waals surface area contributed by atoms with Crippen LogP contribution in [-0.4, -0.2) is 24.4 Å². The highest BCUT2D eigenvalue weighted by Crippen LogP contribution is 2.36. The van der Waals surface area contributed by atoms with E-state index in [2.05, 4.69) is 12.2 Å². The molecule has 0 bridgehead atoms. The van der Waals surface area contributed by atoms with Gasteiger partial charge in [-0.3, -0.25) is 0 Å². The number of rotatable bonds is 6. The van der Waals surface area contributed by atoms with Crippen molar-refractivity contribution in [2.45, 2.75) is 25.3 Å². The Kier molecular flexibility index (Phi) is 4.57. The van der Waals surface area contributed by atoms with Crippen LogP contribution in [-0.2, 0) is 0 Å². The summed E-state index contributed by atoms with van der Waals surface area (Å²) in [6.07, 6.45) is 2.58. The van der Waals surface area contributed by atoms with Crippen LogP contribution in [0, 0.1) is 11.8 Å². The Morgan fingerprint density at radius 2 is 2.07 bits per heavy atom. The lowest BCUT2D eigenvalue weighted by molar-refractivity contribution is -0.0327. The number of alkyl halides is 3. The van der Waals surface area contributed by atoms with E-state index in [1.54, 1.807) is 0 Å². The van der Waals surface area contributed by atoms with Gasteiger partial charge in [0.05, 0.1) is 0 Å². The molecule has 1 fully saturated rings. The summed E-state index contributed by atoms with van der Waals surface area (Å²) in [7, 11) is 0. The molecule has 84 valence electrons. The second kappa shape index (κ2) is 5.26. The van der Waals surface area contributed by atoms with Crippen molar-refractivity contribution in [3.05, 3.63) is 0 Å². The molecule has 0 aliphatic heterocycles. The summed E-state index contributed by atoms with van der Waals surface area (Å²) in [5, 5.41) is 3.06. The second-order valence-corrected chi connectivity index (χ2v) is 4.97. The van der Waals surface area contributed by atoms with Crippen molar-refractivity contribution in [3.8, 4) is 0 Å². The first-order valence-corrected chi connectivity index (χ1v) is 5.89. The molecule has 1 aliphatic carbocycles. The molecule has 5 heteroatoms. The van der Waals surface area contributed by atoms with Gasteiger partial charge in [-0.25, -0.2) is 0 Å². The third-order valence-corrected chi connectivity index (χ3v) is 3.17. The molecule has 0 aromatic rings. The topological polar surface area (TPSA) is 12.0 Å². The van der Waals surface area contributed by atoms with Crippen molar-refractivity contribution < 1.29 is 13.2 Å². The molecule has 1 N–H and O–H groups in total. The maximum absolute atomic E-state index is 11.7. The third-order valence-electron chi connectivity index (χ3n) is 2.44. The van der Waals surface area contributed by atoms with Gasteiger partial charge in [0.1, 0.15) is 0 Å². The smallest absolute Gasteiger partial charge is 0.316 e. The lowest BCUT2D eigenvalue weighted by atomic mass is 10.1. The molecule has 0 heterocycles. The Morgan fingerprint density at radius 1 is 1.43 bits per heavy atom. The molecular weight excluding hydrogens is 211 g/mol. The molecule has 1 rings (SSSR count). The Morgan fingerprint density at radius 3 is 2.57 bits per heavy atom. The molecule has 0 aromatic carbocycles. The van der Waals surface area contributed by atoms with Crippen LogP contribution in [0.1, 0.15) is 19.8 Å². The van der Waals surface area contributed by atoms with E-state index in [9.17, 15) is 13.2 Å². The first-order chi connectivity index (χ1) is 6.49. The highest BCUT2D eigenvalue weighted by molar-refractivity contribution is 8.00. The largest absolute Gasteiger partial charge is 0.441 e. The fourth-order valence-electron chi connectivity index (χ4n) is 1.40. The first kappa shape index (κ1) is 12.2. The standard InChI is InChI=1S/C9H16F3NS/c1-7(8-2-3-8)6-13-4-5-14-9(10,11)12/h7-8,13H,2-6H2,1H3. The molecule has 0 saturated heterocycles. The highest BCUT2D eigenvalue weighted by atomic mass is 32.2. The molecule has 0 spiro atoms. The van der Waals surface area contributed by atoms with Gasteiger partial charge in [-0.1, -0.05) is 6.92 Å². The molecule has 0 amide bonds. The van der Waals surface area contributed by atoms with Gasteiger partial charge in [0.2, 0.25) is 0 Å². The van der Waals surface area contributed by atoms with E-state index < -0.39 is 5.51 Å². The molecule has 1 nitrogen and oxygen atoms in total. The second-order valence-electron chi connectivity index (χ2n) is 3.81. The summed E-state index contributed by atoms with van der Waals surface area (Å²) in [5.74, 6) is 1.55. The summed E-state index contributed by atoms with van der Waals surface area (Å²) in [5.41, 5.74) is -4.08. The van der Waals surface area contributed by atoms with E-state index in [1.165, 1.54) is 12.8 Å². The normalized spacial score (nSPS) is 19.7. The Hall–Kier alpha value is 0.100. The fourth-order valence-corrected chi connectivity index (χ4v) is 1.88. The van der Waals surface area contributed by atoms with E-state index in [-0.39, 0.29) is 17.5 Å². The van der Waals surface area contributed by atoms with Gasteiger partial charge in [-0.2, -0.15) is 13.2 Å². The molecule has 0 aromatic heterocycles. The maximum Gasteiger partial charge on any atom is 0.441 e. The zero-order valence-electron chi connectivity index (χ0n) is 8.23. The Bertz CT molecular complexity index is 168. The number of nitrogens with one attached hydrogen (secondary N) is 1. The van der Waals surface area contributed by atoms with Gasteiger partial charge in [0.15, 0.2) is 0 Å². The average Bonchev–Trinajstić information content (AvgIpc) is 2.83. The lowest BCUT2D eigenvalue weighted by Crippen LogP contribution is -2.25. The lowest BCUT2D eigenvalue weighted by Gasteiger charge is -2.11. The number of hydrogen-bond donors (Lipinski definition) is 1. The molecule has 1 aliphatic rings. The minimum Gasteiger partial charge on any atom is -0.316 e. The SMILES string of the molecule is CC(CNCCSC(F)(F)F)C1CC1. The van der Waals surface area contributed by atoms with Crippen LogP contribution in [0.15, 0.2) is 0 Å². The summed E-state index contributed by atoms with van der Waals surface area (Å²) < 4.78 is 35.1. The summed E-state index contributed by atoms with van der Waals surface area (Å²) in [6.45, 7) is 3.45. The van der Waals surface area contributed by atoms with Crippen molar-refractivity contribution in [3.63, 3.8) is 0 Å². The van der Waals surface area contributed by atoms with Gasteiger partial charge >= 0.3 is 5.51 Å². The maximum atomic E-state index is 11.7. The monoisotopic (exact) mass is 227 g/mol. The zero-order valence-corrected chi connectivity index (χ0v) is 9.05. The predicted molar refractivity (Wildman–Crippen MR) is 53.3 cm³/mol. The van der Waals surface area contributed by atoms with Crippen LogP contribution in [0.5, 0.6) is 0 Å². The summed E-state index contributed by atoms with van der Waals surface area (Å²) in [4.78, 5) is 0. The van der Waals surface area contributed by atoms with Crippen LogP contribution in [0.25, 0.3) is 0 Å². The van der Waals surface area contributed by atoms with E-state index >= 15 is 0 Å². The molecule has 0 radical (unpaired) electrons. The quantitative estimate of drug-likeness (QED) is 0.700. The van der Waals surface area contributed by atoms with Crippen molar-refractivity contribution in [2.75, 3.05) is 18.8 Å². The van der Waals surface area contributed by atoms with E-state index in [4.69, 9.17) is 0 Å². The van der Waals surface area contributed by atoms with Crippen LogP contribution >= 0.6 is 11.8 Å². The number of thioether (sulfide) groups is 1. The highest BCUT2D eigenvalue weighted by Gasteiger charge is 2.28. The molecule has 1 atom stereocenters. The van der Waals surface area contributed by atoms with Gasteiger partial charge in [-0.15, -0.1) is 0 Å². The van der Waals surface area contributed by atoms with E-state index in [0.717, 1.165) is 12.5 Å². The van der Waals surface area contributed by atoms with Crippen LogP contribution in [0.4, 0.5) is 13.2 Å². The van der Waals surface area contributed by atoms with Crippen molar-refractivity contribution in [2.24, 2.45) is 11.8 Å². The minimum atomic E-state index is -4.08. The van der Waals surface area contributed by atoms with E-state index in [1.807, 2.05) is 0 Å². The van der Waals surface area contributed by atoms with Gasteiger partial charge in [-0.05, 0) is 43.0 Å². The van der Waals surface area contributed by atoms with Crippen molar-refractivity contribution >= 4 is 11.8 Å². The predicted octanol–water partition coefficient (Wildman–Crippen LogP) is 2.88. The molecule has 14 heavy (non-hydrogen) atoms. The molecule has 1 saturated carbocycles. The van der Waals surface area contributed by atoms with Crippen LogP contribution in [0.3, 0.4) is 0 Å². The summed E-state index contributed by atoms with van der Waals surface area (Å²) >= 11 is 0.0468. The molecular formula is C9H16F3NS. The third kappa shape index (κ3) is 5.75. The minimum absolute atomic E-state index is 0.0468. The van der Waals surface area contributed by atoms with Gasteiger partial charge in [0.25, 0.3) is 0 Å². The molecule has 1 unspecified atom stereocenters. The zero-order chi connectivity index (χ0) is 10.6. The van der Waals surface area contributed by atoms with Crippen LogP contribution in [0.2, 0.25) is 0 Å². The van der Waals surface area contributed by atoms with E-state index in [0.29, 0.717) is 12.5 Å². The van der Waals surface area contributed by atoms with Crippen molar-refractivity contribution in [1.82, 2.24) is 5.32 Å². The Labute approximate surface area is 86.8 Å². The van der Waals surface area contributed by atoms with Crippen LogP contribution < -0.4 is 5.32 Å². The average molecular weight is 227 g/mol. The fraction of sp³-hybridized carbons (Fsp3) is 1.00. The van der Waals surface area contributed by atoms with Gasteiger partial charge < -0.3 is 5.32 Å². The number of hydrogen-bond acceptors (Lipinski definition) is 2. The summed E-state index contributed by atoms with van der Waals surface area (Å²) in [6, 6.07) is 0. The van der Waals surface area contributed by atoms with Gasteiger partial charge in [0, 0.05) is 12.3 Å². The first-order valence-electron chi connectivity index (χ1n) is 4.90. The Balaban J connectivity index is 1.88. The van der Waals surface area contributed by atoms with Crippen molar-refractivity contribution in [1.29, 1.82) is 0 Å².